The Labute approximate surface area is 124 Å². The fourth-order valence-electron chi connectivity index (χ4n) is 2.10. The molecule has 0 aliphatic carbocycles. The second-order valence-electron chi connectivity index (χ2n) is 4.27. The molecule has 0 spiro atoms. The number of nitrogens with zero attached hydrogens (tertiary/aromatic N) is 4. The first kappa shape index (κ1) is 13.1. The normalized spacial score (nSPS) is 10.5. The van der Waals surface area contributed by atoms with Crippen LogP contribution in [0.25, 0.3) is 16.9 Å². The fourth-order valence-corrected chi connectivity index (χ4v) is 2.34. The number of pyridine rings is 1. The number of hydrogen-bond donors (Lipinski definition) is 0. The van der Waals surface area contributed by atoms with Gasteiger partial charge in [-0.3, -0.25) is 14.5 Å². The second-order valence-corrected chi connectivity index (χ2v) is 4.65. The number of imidazole rings is 1. The molecular weight excluding hydrogens is 292 g/mol. The molecule has 6 nitrogen and oxygen atoms in total. The van der Waals surface area contributed by atoms with Crippen LogP contribution in [-0.2, 0) is 0 Å². The van der Waals surface area contributed by atoms with Crippen LogP contribution in [0.4, 0.5) is 5.69 Å². The molecule has 0 aliphatic heterocycles. The van der Waals surface area contributed by atoms with Crippen LogP contribution in [0.15, 0.2) is 42.5 Å². The summed E-state index contributed by atoms with van der Waals surface area (Å²) in [4.78, 5) is 14.6. The van der Waals surface area contributed by atoms with Gasteiger partial charge in [0.2, 0.25) is 0 Å². The summed E-state index contributed by atoms with van der Waals surface area (Å²) in [6.45, 7) is 0. The lowest BCUT2D eigenvalue weighted by molar-refractivity contribution is -0.384. The summed E-state index contributed by atoms with van der Waals surface area (Å²) in [5, 5.41) is 20.4. The van der Waals surface area contributed by atoms with E-state index >= 15 is 0 Å². The zero-order valence-corrected chi connectivity index (χ0v) is 11.3. The molecule has 0 atom stereocenters. The summed E-state index contributed by atoms with van der Waals surface area (Å²) in [6, 6.07) is 13.1. The van der Waals surface area contributed by atoms with Gasteiger partial charge in [-0.2, -0.15) is 5.26 Å². The highest BCUT2D eigenvalue weighted by Gasteiger charge is 2.16. The number of nitriles is 1. The van der Waals surface area contributed by atoms with Crippen molar-refractivity contribution >= 4 is 22.9 Å². The molecule has 0 saturated carbocycles. The van der Waals surface area contributed by atoms with E-state index < -0.39 is 4.92 Å². The van der Waals surface area contributed by atoms with Crippen molar-refractivity contribution in [2.24, 2.45) is 0 Å². The van der Waals surface area contributed by atoms with E-state index in [4.69, 9.17) is 11.6 Å². The van der Waals surface area contributed by atoms with E-state index in [1.165, 1.54) is 16.5 Å². The third-order valence-electron chi connectivity index (χ3n) is 3.05. The molecule has 21 heavy (non-hydrogen) atoms. The van der Waals surface area contributed by atoms with E-state index in [1.54, 1.807) is 30.3 Å². The van der Waals surface area contributed by atoms with Crippen molar-refractivity contribution in [1.29, 1.82) is 5.26 Å². The largest absolute Gasteiger partial charge is 0.273 e. The standard InChI is InChI=1S/C14H7ClN4O2/c15-12-2-1-3-13-17-14(11(8-16)18(12)13)9-4-6-10(7-5-9)19(20)21/h1-7H. The van der Waals surface area contributed by atoms with Crippen molar-refractivity contribution in [1.82, 2.24) is 9.38 Å². The molecule has 2 aromatic heterocycles. The zero-order valence-electron chi connectivity index (χ0n) is 10.5. The predicted octanol–water partition coefficient (Wildman–Crippen LogP) is 3.43. The third kappa shape index (κ3) is 2.10. The van der Waals surface area contributed by atoms with Crippen LogP contribution in [-0.4, -0.2) is 14.3 Å². The summed E-state index contributed by atoms with van der Waals surface area (Å²) in [5.74, 6) is 0. The number of benzene rings is 1. The smallest absolute Gasteiger partial charge is 0.269 e. The van der Waals surface area contributed by atoms with E-state index in [-0.39, 0.29) is 5.69 Å². The van der Waals surface area contributed by atoms with Gasteiger partial charge in [0, 0.05) is 17.7 Å². The third-order valence-corrected chi connectivity index (χ3v) is 3.35. The number of rotatable bonds is 2. The quantitative estimate of drug-likeness (QED) is 0.412. The van der Waals surface area contributed by atoms with Crippen molar-refractivity contribution < 1.29 is 4.92 Å². The average molecular weight is 299 g/mol. The molecular formula is C14H7ClN4O2. The van der Waals surface area contributed by atoms with Crippen molar-refractivity contribution in [3.05, 3.63) is 63.4 Å². The highest BCUT2D eigenvalue weighted by Crippen LogP contribution is 2.27. The van der Waals surface area contributed by atoms with Gasteiger partial charge in [-0.15, -0.1) is 0 Å². The lowest BCUT2D eigenvalue weighted by Crippen LogP contribution is -1.91. The van der Waals surface area contributed by atoms with Crippen LogP contribution in [0.2, 0.25) is 5.15 Å². The van der Waals surface area contributed by atoms with Gasteiger partial charge in [-0.1, -0.05) is 17.7 Å². The van der Waals surface area contributed by atoms with Crippen LogP contribution >= 0.6 is 11.6 Å². The molecule has 3 aromatic rings. The Bertz CT molecular complexity index is 894. The maximum Gasteiger partial charge on any atom is 0.269 e. The molecule has 7 heteroatoms. The van der Waals surface area contributed by atoms with Crippen molar-refractivity contribution in [3.63, 3.8) is 0 Å². The molecule has 2 heterocycles. The van der Waals surface area contributed by atoms with Crippen molar-refractivity contribution in [2.75, 3.05) is 0 Å². The molecule has 0 radical (unpaired) electrons. The van der Waals surface area contributed by atoms with Crippen LogP contribution in [0, 0.1) is 21.4 Å². The summed E-state index contributed by atoms with van der Waals surface area (Å²) < 4.78 is 1.54. The van der Waals surface area contributed by atoms with E-state index in [2.05, 4.69) is 11.1 Å². The van der Waals surface area contributed by atoms with Gasteiger partial charge in [0.1, 0.15) is 22.6 Å². The van der Waals surface area contributed by atoms with Gasteiger partial charge in [-0.25, -0.2) is 4.98 Å². The fraction of sp³-hybridized carbons (Fsp3) is 0. The van der Waals surface area contributed by atoms with Crippen LogP contribution in [0.5, 0.6) is 0 Å². The molecule has 3 rings (SSSR count). The molecule has 0 fully saturated rings. The Hall–Kier alpha value is -2.91. The van der Waals surface area contributed by atoms with Gasteiger partial charge < -0.3 is 0 Å². The number of nitro groups is 1. The Morgan fingerprint density at radius 1 is 1.24 bits per heavy atom. The minimum Gasteiger partial charge on any atom is -0.273 e. The number of nitro benzene ring substituents is 1. The van der Waals surface area contributed by atoms with Crippen LogP contribution in [0.1, 0.15) is 5.69 Å². The first-order valence-corrected chi connectivity index (χ1v) is 6.31. The average Bonchev–Trinajstić information content (AvgIpc) is 2.87. The zero-order chi connectivity index (χ0) is 15.0. The minimum atomic E-state index is -0.477. The molecule has 0 unspecified atom stereocenters. The van der Waals surface area contributed by atoms with E-state index in [9.17, 15) is 15.4 Å². The van der Waals surface area contributed by atoms with Gasteiger partial charge in [0.05, 0.1) is 4.92 Å². The van der Waals surface area contributed by atoms with Gasteiger partial charge in [0.15, 0.2) is 5.69 Å². The molecule has 1 aromatic carbocycles. The highest BCUT2D eigenvalue weighted by atomic mass is 35.5. The second kappa shape index (κ2) is 4.89. The predicted molar refractivity (Wildman–Crippen MR) is 77.0 cm³/mol. The SMILES string of the molecule is N#Cc1c(-c2ccc([N+](=O)[O-])cc2)nc2cccc(Cl)n12. The van der Waals surface area contributed by atoms with E-state index in [0.29, 0.717) is 27.8 Å². The molecule has 0 amide bonds. The van der Waals surface area contributed by atoms with Gasteiger partial charge in [0.25, 0.3) is 5.69 Å². The van der Waals surface area contributed by atoms with Crippen LogP contribution in [0.3, 0.4) is 0 Å². The first-order valence-electron chi connectivity index (χ1n) is 5.93. The lowest BCUT2D eigenvalue weighted by Gasteiger charge is -1.99. The monoisotopic (exact) mass is 298 g/mol. The summed E-state index contributed by atoms with van der Waals surface area (Å²) in [7, 11) is 0. The number of non-ortho nitro benzene ring substituents is 1. The molecule has 0 bridgehead atoms. The van der Waals surface area contributed by atoms with Gasteiger partial charge in [-0.05, 0) is 24.3 Å². The molecule has 102 valence electrons. The molecule has 0 N–H and O–H groups in total. The van der Waals surface area contributed by atoms with Crippen molar-refractivity contribution in [3.8, 4) is 17.3 Å². The summed E-state index contributed by atoms with van der Waals surface area (Å²) in [5.41, 5.74) is 1.90. The number of halogens is 1. The Balaban J connectivity index is 2.23. The van der Waals surface area contributed by atoms with E-state index in [1.807, 2.05) is 0 Å². The van der Waals surface area contributed by atoms with Crippen molar-refractivity contribution in [2.45, 2.75) is 0 Å². The molecule has 0 aliphatic rings. The number of aromatic nitrogens is 2. The van der Waals surface area contributed by atoms with E-state index in [0.717, 1.165) is 0 Å². The first-order chi connectivity index (χ1) is 10.1. The highest BCUT2D eigenvalue weighted by molar-refractivity contribution is 6.29. The number of fused-ring (bicyclic) bond motifs is 1. The Morgan fingerprint density at radius 3 is 2.57 bits per heavy atom. The Kier molecular flexibility index (Phi) is 3.05. The molecule has 0 saturated heterocycles. The Morgan fingerprint density at radius 2 is 1.95 bits per heavy atom. The lowest BCUT2D eigenvalue weighted by atomic mass is 10.1. The number of hydrogen-bond acceptors (Lipinski definition) is 4. The van der Waals surface area contributed by atoms with Crippen LogP contribution < -0.4 is 0 Å². The summed E-state index contributed by atoms with van der Waals surface area (Å²) in [6.07, 6.45) is 0. The topological polar surface area (TPSA) is 84.2 Å². The minimum absolute atomic E-state index is 0.0148. The maximum atomic E-state index is 10.7. The maximum absolute atomic E-state index is 10.7. The summed E-state index contributed by atoms with van der Waals surface area (Å²) >= 11 is 6.09. The van der Waals surface area contributed by atoms with Gasteiger partial charge >= 0.3 is 0 Å².